The molecule has 2 N–H and O–H groups in total. The molecule has 0 unspecified atom stereocenters. The van der Waals surface area contributed by atoms with Crippen LogP contribution in [0.15, 0.2) is 0 Å². The maximum Gasteiger partial charge on any atom is 0.376 e. The highest BCUT2D eigenvalue weighted by Crippen LogP contribution is 2.21. The lowest BCUT2D eigenvalue weighted by Crippen LogP contribution is -2.44. The number of rotatable bonds is 3. The first kappa shape index (κ1) is 14.5. The fourth-order valence-electron chi connectivity index (χ4n) is 1.93. The van der Waals surface area contributed by atoms with E-state index in [-0.39, 0.29) is 18.6 Å². The molecule has 17 heavy (non-hydrogen) atoms. The molecule has 0 spiro atoms. The Morgan fingerprint density at radius 1 is 1.53 bits per heavy atom. The van der Waals surface area contributed by atoms with E-state index in [9.17, 15) is 14.9 Å². The van der Waals surface area contributed by atoms with Gasteiger partial charge < -0.3 is 19.7 Å². The Morgan fingerprint density at radius 3 is 2.59 bits per heavy atom. The van der Waals surface area contributed by atoms with Crippen molar-refractivity contribution in [3.63, 3.8) is 0 Å². The summed E-state index contributed by atoms with van der Waals surface area (Å²) in [6.45, 7) is 7.69. The maximum absolute atomic E-state index is 11.6. The first-order valence-corrected chi connectivity index (χ1v) is 6.01. The summed E-state index contributed by atoms with van der Waals surface area (Å²) < 4.78 is 5.22. The first-order valence-electron chi connectivity index (χ1n) is 6.01. The Labute approximate surface area is 103 Å². The molecule has 6 heteroatoms. The van der Waals surface area contributed by atoms with Crippen LogP contribution in [0.1, 0.15) is 27.2 Å². The van der Waals surface area contributed by atoms with Crippen LogP contribution in [0, 0.1) is 5.41 Å². The van der Waals surface area contributed by atoms with Crippen LogP contribution < -0.4 is 0 Å². The summed E-state index contributed by atoms with van der Waals surface area (Å²) in [4.78, 5) is 13.4. The third-order valence-corrected chi connectivity index (χ3v) is 2.93. The minimum absolute atomic E-state index is 0.101. The van der Waals surface area contributed by atoms with Gasteiger partial charge in [-0.2, -0.15) is 0 Å². The number of ether oxygens (including phenoxy) is 1. The SMILES string of the molecule is CB(O)N1C[C@@H](O)C[C@@H]1COC(=O)C(C)(C)C. The molecule has 0 bridgehead atoms. The zero-order valence-electron chi connectivity index (χ0n) is 11.0. The molecule has 0 aromatic heterocycles. The number of nitrogens with zero attached hydrogens (tertiary/aromatic N) is 1. The van der Waals surface area contributed by atoms with Gasteiger partial charge in [0, 0.05) is 12.6 Å². The van der Waals surface area contributed by atoms with E-state index in [1.165, 1.54) is 0 Å². The molecule has 0 amide bonds. The molecule has 1 aliphatic heterocycles. The molecular formula is C11H22BNO4. The lowest BCUT2D eigenvalue weighted by atomic mass is 9.84. The van der Waals surface area contributed by atoms with E-state index in [1.54, 1.807) is 32.4 Å². The van der Waals surface area contributed by atoms with Crippen LogP contribution in [0.2, 0.25) is 6.82 Å². The highest BCUT2D eigenvalue weighted by molar-refractivity contribution is 6.45. The van der Waals surface area contributed by atoms with Crippen LogP contribution in [-0.4, -0.2) is 53.3 Å². The second kappa shape index (κ2) is 5.37. The minimum atomic E-state index is -0.634. The van der Waals surface area contributed by atoms with Crippen molar-refractivity contribution in [3.8, 4) is 0 Å². The largest absolute Gasteiger partial charge is 0.464 e. The Kier molecular flexibility index (Phi) is 4.58. The molecule has 0 aliphatic carbocycles. The van der Waals surface area contributed by atoms with E-state index < -0.39 is 18.6 Å². The van der Waals surface area contributed by atoms with Crippen molar-refractivity contribution >= 4 is 13.0 Å². The fourth-order valence-corrected chi connectivity index (χ4v) is 1.93. The van der Waals surface area contributed by atoms with E-state index >= 15 is 0 Å². The van der Waals surface area contributed by atoms with Crippen molar-refractivity contribution in [1.29, 1.82) is 0 Å². The van der Waals surface area contributed by atoms with Crippen molar-refractivity contribution in [1.82, 2.24) is 4.81 Å². The smallest absolute Gasteiger partial charge is 0.376 e. The van der Waals surface area contributed by atoms with Gasteiger partial charge in [0.05, 0.1) is 11.5 Å². The monoisotopic (exact) mass is 243 g/mol. The molecule has 1 heterocycles. The quantitative estimate of drug-likeness (QED) is 0.544. The van der Waals surface area contributed by atoms with E-state index in [0.29, 0.717) is 13.0 Å². The van der Waals surface area contributed by atoms with E-state index in [1.807, 2.05) is 0 Å². The number of aliphatic hydroxyl groups excluding tert-OH is 1. The van der Waals surface area contributed by atoms with E-state index in [4.69, 9.17) is 4.74 Å². The van der Waals surface area contributed by atoms with Crippen LogP contribution in [0.3, 0.4) is 0 Å². The Morgan fingerprint density at radius 2 is 2.12 bits per heavy atom. The van der Waals surface area contributed by atoms with Crippen LogP contribution in [0.5, 0.6) is 0 Å². The third kappa shape index (κ3) is 3.98. The van der Waals surface area contributed by atoms with Crippen molar-refractivity contribution in [3.05, 3.63) is 0 Å². The van der Waals surface area contributed by atoms with Gasteiger partial charge in [0.2, 0.25) is 0 Å². The Bertz CT molecular complexity index is 277. The summed E-state index contributed by atoms with van der Waals surface area (Å²) in [6, 6.07) is -0.101. The molecule has 0 radical (unpaired) electrons. The highest BCUT2D eigenvalue weighted by Gasteiger charge is 2.36. The Hall–Kier alpha value is -0.585. The van der Waals surface area contributed by atoms with Crippen molar-refractivity contribution in [2.45, 2.75) is 46.2 Å². The predicted octanol–water partition coefficient (Wildman–Crippen LogP) is 0.121. The molecule has 1 rings (SSSR count). The molecule has 5 nitrogen and oxygen atoms in total. The number of hydrogen-bond acceptors (Lipinski definition) is 5. The second-order valence-electron chi connectivity index (χ2n) is 5.72. The number of esters is 1. The lowest BCUT2D eigenvalue weighted by molar-refractivity contribution is -0.154. The molecule has 1 fully saturated rings. The van der Waals surface area contributed by atoms with Gasteiger partial charge in [-0.25, -0.2) is 0 Å². The zero-order chi connectivity index (χ0) is 13.2. The van der Waals surface area contributed by atoms with Crippen LogP contribution in [-0.2, 0) is 9.53 Å². The topological polar surface area (TPSA) is 70.0 Å². The second-order valence-corrected chi connectivity index (χ2v) is 5.72. The summed E-state index contributed by atoms with van der Waals surface area (Å²) in [5.74, 6) is -0.260. The molecule has 0 aromatic rings. The lowest BCUT2D eigenvalue weighted by Gasteiger charge is -2.26. The van der Waals surface area contributed by atoms with Gasteiger partial charge in [-0.1, -0.05) is 0 Å². The average Bonchev–Trinajstić information content (AvgIpc) is 2.54. The number of carbonyl (C=O) groups is 1. The fraction of sp³-hybridized carbons (Fsp3) is 0.909. The minimum Gasteiger partial charge on any atom is -0.464 e. The maximum atomic E-state index is 11.6. The molecule has 0 aromatic carbocycles. The number of β-amino-alcohol motifs (C(OH)–C–C–N with tert-alkyl or cyclic N) is 1. The molecule has 0 saturated carbocycles. The van der Waals surface area contributed by atoms with Crippen LogP contribution >= 0.6 is 0 Å². The normalized spacial score (nSPS) is 26.0. The van der Waals surface area contributed by atoms with E-state index in [0.717, 1.165) is 0 Å². The van der Waals surface area contributed by atoms with Crippen molar-refractivity contribution in [2.24, 2.45) is 5.41 Å². The summed E-state index contributed by atoms with van der Waals surface area (Å²) in [7, 11) is -0.634. The number of carbonyl (C=O) groups excluding carboxylic acids is 1. The molecular weight excluding hydrogens is 221 g/mol. The van der Waals surface area contributed by atoms with Gasteiger partial charge in [0.1, 0.15) is 6.61 Å². The van der Waals surface area contributed by atoms with Crippen LogP contribution in [0.25, 0.3) is 0 Å². The first-order chi connectivity index (χ1) is 7.71. The predicted molar refractivity (Wildman–Crippen MR) is 65.4 cm³/mol. The van der Waals surface area contributed by atoms with Gasteiger partial charge in [0.15, 0.2) is 0 Å². The highest BCUT2D eigenvalue weighted by atomic mass is 16.5. The summed E-state index contributed by atoms with van der Waals surface area (Å²) in [6.07, 6.45) is 0.0745. The standard InChI is InChI=1S/C11H22BNO4/c1-11(2,3)10(15)17-7-8-5-9(14)6-13(8)12(4)16/h8-9,14,16H,5-7H2,1-4H3/t8-,9+/m1/s1. The summed E-state index contributed by atoms with van der Waals surface area (Å²) in [5, 5.41) is 19.1. The summed E-state index contributed by atoms with van der Waals surface area (Å²) in [5.41, 5.74) is -0.521. The van der Waals surface area contributed by atoms with Crippen molar-refractivity contribution < 1.29 is 19.7 Å². The van der Waals surface area contributed by atoms with Gasteiger partial charge in [0.25, 0.3) is 0 Å². The zero-order valence-corrected chi connectivity index (χ0v) is 11.0. The van der Waals surface area contributed by atoms with Crippen molar-refractivity contribution in [2.75, 3.05) is 13.2 Å². The van der Waals surface area contributed by atoms with Crippen LogP contribution in [0.4, 0.5) is 0 Å². The molecule has 98 valence electrons. The summed E-state index contributed by atoms with van der Waals surface area (Å²) >= 11 is 0. The Balaban J connectivity index is 2.48. The third-order valence-electron chi connectivity index (χ3n) is 2.93. The molecule has 2 atom stereocenters. The van der Waals surface area contributed by atoms with Gasteiger partial charge in [-0.3, -0.25) is 4.79 Å². The molecule has 1 aliphatic rings. The average molecular weight is 243 g/mol. The van der Waals surface area contributed by atoms with Gasteiger partial charge in [-0.15, -0.1) is 0 Å². The van der Waals surface area contributed by atoms with Gasteiger partial charge >= 0.3 is 13.0 Å². The van der Waals surface area contributed by atoms with E-state index in [2.05, 4.69) is 0 Å². The van der Waals surface area contributed by atoms with Gasteiger partial charge in [-0.05, 0) is 34.0 Å². The number of hydrogen-bond donors (Lipinski definition) is 2. The number of aliphatic hydroxyl groups is 1. The molecule has 1 saturated heterocycles.